The van der Waals surface area contributed by atoms with E-state index in [2.05, 4.69) is 5.32 Å². The topological polar surface area (TPSA) is 58.6 Å². The molecule has 0 aromatic heterocycles. The fourth-order valence-corrected chi connectivity index (χ4v) is 3.50. The second-order valence-electron chi connectivity index (χ2n) is 6.93. The SMILES string of the molecule is CCOc1ccc(C2=C(Nc3ccccc3)C(=O)N(c3ccccc3C)C2=O)cc1. The van der Waals surface area contributed by atoms with Crippen molar-refractivity contribution >= 4 is 28.8 Å². The van der Waals surface area contributed by atoms with E-state index in [4.69, 9.17) is 4.74 Å². The average Bonchev–Trinajstić information content (AvgIpc) is 3.00. The van der Waals surface area contributed by atoms with Crippen LogP contribution in [0.3, 0.4) is 0 Å². The Morgan fingerprint density at radius 2 is 1.50 bits per heavy atom. The smallest absolute Gasteiger partial charge is 0.282 e. The number of amides is 2. The molecule has 1 heterocycles. The number of para-hydroxylation sites is 2. The van der Waals surface area contributed by atoms with Crippen LogP contribution in [-0.2, 0) is 9.59 Å². The molecule has 150 valence electrons. The van der Waals surface area contributed by atoms with Crippen molar-refractivity contribution < 1.29 is 14.3 Å². The summed E-state index contributed by atoms with van der Waals surface area (Å²) in [6.07, 6.45) is 0. The van der Waals surface area contributed by atoms with Crippen molar-refractivity contribution in [2.75, 3.05) is 16.8 Å². The molecule has 0 unspecified atom stereocenters. The summed E-state index contributed by atoms with van der Waals surface area (Å²) in [4.78, 5) is 28.1. The number of rotatable bonds is 6. The maximum absolute atomic E-state index is 13.5. The summed E-state index contributed by atoms with van der Waals surface area (Å²) in [7, 11) is 0. The first-order chi connectivity index (χ1) is 14.6. The first-order valence-corrected chi connectivity index (χ1v) is 9.84. The van der Waals surface area contributed by atoms with Gasteiger partial charge in [0.15, 0.2) is 0 Å². The quantitative estimate of drug-likeness (QED) is 0.607. The summed E-state index contributed by atoms with van der Waals surface area (Å²) in [5.41, 5.74) is 3.44. The van der Waals surface area contributed by atoms with E-state index in [9.17, 15) is 9.59 Å². The second kappa shape index (κ2) is 8.25. The molecule has 2 amide bonds. The number of anilines is 2. The summed E-state index contributed by atoms with van der Waals surface area (Å²) in [5, 5.41) is 3.16. The molecule has 0 atom stereocenters. The monoisotopic (exact) mass is 398 g/mol. The van der Waals surface area contributed by atoms with E-state index in [1.807, 2.05) is 62.4 Å². The van der Waals surface area contributed by atoms with Gasteiger partial charge in [0.1, 0.15) is 11.4 Å². The van der Waals surface area contributed by atoms with Crippen LogP contribution >= 0.6 is 0 Å². The van der Waals surface area contributed by atoms with Gasteiger partial charge in [-0.25, -0.2) is 4.90 Å². The maximum Gasteiger partial charge on any atom is 0.282 e. The molecule has 3 aromatic rings. The number of nitrogens with one attached hydrogen (secondary N) is 1. The van der Waals surface area contributed by atoms with Crippen molar-refractivity contribution in [2.45, 2.75) is 13.8 Å². The number of carbonyl (C=O) groups is 2. The van der Waals surface area contributed by atoms with E-state index in [0.717, 1.165) is 11.3 Å². The molecule has 1 N–H and O–H groups in total. The highest BCUT2D eigenvalue weighted by molar-refractivity contribution is 6.46. The molecule has 0 fully saturated rings. The first kappa shape index (κ1) is 19.5. The number of nitrogens with zero attached hydrogens (tertiary/aromatic N) is 1. The van der Waals surface area contributed by atoms with Gasteiger partial charge in [0.25, 0.3) is 11.8 Å². The van der Waals surface area contributed by atoms with Crippen molar-refractivity contribution in [3.63, 3.8) is 0 Å². The van der Waals surface area contributed by atoms with Crippen molar-refractivity contribution in [1.82, 2.24) is 0 Å². The summed E-state index contributed by atoms with van der Waals surface area (Å²) in [5.74, 6) is -0.00844. The van der Waals surface area contributed by atoms with Crippen LogP contribution in [-0.4, -0.2) is 18.4 Å². The third kappa shape index (κ3) is 3.57. The summed E-state index contributed by atoms with van der Waals surface area (Å²) in [6, 6.07) is 24.0. The normalized spacial score (nSPS) is 13.7. The fourth-order valence-electron chi connectivity index (χ4n) is 3.50. The van der Waals surface area contributed by atoms with E-state index in [-0.39, 0.29) is 17.5 Å². The molecule has 5 heteroatoms. The molecule has 4 rings (SSSR count). The van der Waals surface area contributed by atoms with Gasteiger partial charge in [-0.1, -0.05) is 48.5 Å². The number of imide groups is 1. The zero-order valence-corrected chi connectivity index (χ0v) is 16.9. The molecule has 0 radical (unpaired) electrons. The summed E-state index contributed by atoms with van der Waals surface area (Å²) < 4.78 is 5.51. The Morgan fingerprint density at radius 3 is 2.17 bits per heavy atom. The Balaban J connectivity index is 1.80. The molecule has 30 heavy (non-hydrogen) atoms. The second-order valence-corrected chi connectivity index (χ2v) is 6.93. The van der Waals surface area contributed by atoms with Crippen LogP contribution < -0.4 is 15.0 Å². The summed E-state index contributed by atoms with van der Waals surface area (Å²) >= 11 is 0. The van der Waals surface area contributed by atoms with E-state index in [1.54, 1.807) is 30.3 Å². The predicted octanol–water partition coefficient (Wildman–Crippen LogP) is 4.79. The zero-order valence-electron chi connectivity index (χ0n) is 16.9. The number of carbonyl (C=O) groups excluding carboxylic acids is 2. The van der Waals surface area contributed by atoms with Crippen LogP contribution in [0.15, 0.2) is 84.6 Å². The van der Waals surface area contributed by atoms with Gasteiger partial charge in [-0.2, -0.15) is 0 Å². The molecule has 0 saturated carbocycles. The number of aryl methyl sites for hydroxylation is 1. The molecular weight excluding hydrogens is 376 g/mol. The lowest BCUT2D eigenvalue weighted by Crippen LogP contribution is -2.33. The Kier molecular flexibility index (Phi) is 5.35. The van der Waals surface area contributed by atoms with Gasteiger partial charge in [0, 0.05) is 5.69 Å². The van der Waals surface area contributed by atoms with Crippen molar-refractivity contribution in [3.8, 4) is 5.75 Å². The molecule has 5 nitrogen and oxygen atoms in total. The Hall–Kier alpha value is -3.86. The van der Waals surface area contributed by atoms with Crippen LogP contribution in [0.25, 0.3) is 5.57 Å². The number of ether oxygens (including phenoxy) is 1. The van der Waals surface area contributed by atoms with Gasteiger partial charge in [-0.05, 0) is 55.3 Å². The molecular formula is C25H22N2O3. The number of benzene rings is 3. The predicted molar refractivity (Wildman–Crippen MR) is 118 cm³/mol. The highest BCUT2D eigenvalue weighted by Crippen LogP contribution is 2.35. The van der Waals surface area contributed by atoms with Crippen LogP contribution in [0.5, 0.6) is 5.75 Å². The van der Waals surface area contributed by atoms with Gasteiger partial charge in [-0.15, -0.1) is 0 Å². The van der Waals surface area contributed by atoms with Gasteiger partial charge in [-0.3, -0.25) is 9.59 Å². The molecule has 0 aliphatic carbocycles. The van der Waals surface area contributed by atoms with Crippen LogP contribution in [0.1, 0.15) is 18.1 Å². The molecule has 0 saturated heterocycles. The highest BCUT2D eigenvalue weighted by atomic mass is 16.5. The molecule has 3 aromatic carbocycles. The third-order valence-electron chi connectivity index (χ3n) is 4.94. The first-order valence-electron chi connectivity index (χ1n) is 9.84. The van der Waals surface area contributed by atoms with Crippen LogP contribution in [0.2, 0.25) is 0 Å². The molecule has 0 spiro atoms. The minimum atomic E-state index is -0.373. The summed E-state index contributed by atoms with van der Waals surface area (Å²) in [6.45, 7) is 4.36. The van der Waals surface area contributed by atoms with E-state index in [1.165, 1.54) is 4.90 Å². The van der Waals surface area contributed by atoms with Crippen molar-refractivity contribution in [1.29, 1.82) is 0 Å². The third-order valence-corrected chi connectivity index (χ3v) is 4.94. The fraction of sp³-hybridized carbons (Fsp3) is 0.120. The lowest BCUT2D eigenvalue weighted by Gasteiger charge is -2.17. The number of hydrogen-bond acceptors (Lipinski definition) is 4. The van der Waals surface area contributed by atoms with E-state index >= 15 is 0 Å². The van der Waals surface area contributed by atoms with Crippen LogP contribution in [0, 0.1) is 6.92 Å². The van der Waals surface area contributed by atoms with Gasteiger partial charge >= 0.3 is 0 Å². The minimum absolute atomic E-state index is 0.263. The lowest BCUT2D eigenvalue weighted by molar-refractivity contribution is -0.120. The maximum atomic E-state index is 13.5. The average molecular weight is 398 g/mol. The van der Waals surface area contributed by atoms with Gasteiger partial charge in [0.2, 0.25) is 0 Å². The molecule has 0 bridgehead atoms. The van der Waals surface area contributed by atoms with Crippen LogP contribution in [0.4, 0.5) is 11.4 Å². The highest BCUT2D eigenvalue weighted by Gasteiger charge is 2.40. The lowest BCUT2D eigenvalue weighted by atomic mass is 10.0. The standard InChI is InChI=1S/C25H22N2O3/c1-3-30-20-15-13-18(14-16-20)22-23(26-19-10-5-4-6-11-19)25(29)27(24(22)28)21-12-8-7-9-17(21)2/h4-16,26H,3H2,1-2H3. The Morgan fingerprint density at radius 1 is 0.833 bits per heavy atom. The van der Waals surface area contributed by atoms with Gasteiger partial charge in [0.05, 0.1) is 17.9 Å². The van der Waals surface area contributed by atoms with Crippen molar-refractivity contribution in [3.05, 3.63) is 95.7 Å². The van der Waals surface area contributed by atoms with E-state index in [0.29, 0.717) is 29.2 Å². The number of hydrogen-bond donors (Lipinski definition) is 1. The molecule has 1 aliphatic rings. The zero-order chi connectivity index (χ0) is 21.1. The molecule has 1 aliphatic heterocycles. The van der Waals surface area contributed by atoms with Crippen molar-refractivity contribution in [2.24, 2.45) is 0 Å². The Labute approximate surface area is 175 Å². The van der Waals surface area contributed by atoms with Gasteiger partial charge < -0.3 is 10.1 Å². The minimum Gasteiger partial charge on any atom is -0.494 e. The Bertz CT molecular complexity index is 1120. The van der Waals surface area contributed by atoms with E-state index < -0.39 is 0 Å². The largest absolute Gasteiger partial charge is 0.494 e.